The van der Waals surface area contributed by atoms with E-state index >= 15 is 0 Å². The van der Waals surface area contributed by atoms with E-state index in [9.17, 15) is 9.59 Å². The molecule has 2 amide bonds. The van der Waals surface area contributed by atoms with Gasteiger partial charge in [-0.25, -0.2) is 4.79 Å². The number of hydrogen-bond acceptors (Lipinski definition) is 4. The van der Waals surface area contributed by atoms with Crippen molar-refractivity contribution < 1.29 is 14.3 Å². The minimum atomic E-state index is -0.817. The van der Waals surface area contributed by atoms with Gasteiger partial charge >= 0.3 is 6.09 Å². The molecule has 18 heavy (non-hydrogen) atoms. The van der Waals surface area contributed by atoms with E-state index in [0.29, 0.717) is 12.5 Å². The third-order valence-electron chi connectivity index (χ3n) is 3.01. The Morgan fingerprint density at radius 3 is 3.00 bits per heavy atom. The average molecular weight is 268 g/mol. The first-order valence-electron chi connectivity index (χ1n) is 5.83. The number of thiophene rings is 1. The van der Waals surface area contributed by atoms with Gasteiger partial charge in [0.25, 0.3) is 0 Å². The Balaban J connectivity index is 1.73. The molecule has 2 rings (SSSR count). The van der Waals surface area contributed by atoms with Crippen molar-refractivity contribution >= 4 is 23.3 Å². The monoisotopic (exact) mass is 268 g/mol. The van der Waals surface area contributed by atoms with Gasteiger partial charge < -0.3 is 15.8 Å². The molecule has 1 aliphatic rings. The fourth-order valence-corrected chi connectivity index (χ4v) is 3.10. The van der Waals surface area contributed by atoms with E-state index in [1.807, 2.05) is 0 Å². The van der Waals surface area contributed by atoms with Crippen molar-refractivity contribution in [1.82, 2.24) is 5.32 Å². The third-order valence-corrected chi connectivity index (χ3v) is 4.16. The van der Waals surface area contributed by atoms with Crippen molar-refractivity contribution in [2.45, 2.75) is 19.3 Å². The van der Waals surface area contributed by atoms with E-state index in [1.54, 1.807) is 11.3 Å². The average Bonchev–Trinajstić information content (AvgIpc) is 3.00. The highest BCUT2D eigenvalue weighted by atomic mass is 32.1. The van der Waals surface area contributed by atoms with Crippen LogP contribution in [0.3, 0.4) is 0 Å². The van der Waals surface area contributed by atoms with E-state index in [-0.39, 0.29) is 18.4 Å². The standard InChI is InChI=1S/C12H16N2O3S/c1-7-2-5-18-10(7)8-6-9(8)11(15)14-3-4-17-12(13)16/h2,5,8-9H,3-4,6H2,1H3,(H2,13,16)(H,14,15)/t8-,9+/m1/s1. The minimum absolute atomic E-state index is 0.0286. The molecule has 0 aliphatic heterocycles. The summed E-state index contributed by atoms with van der Waals surface area (Å²) in [5.41, 5.74) is 6.07. The molecule has 1 aromatic heterocycles. The molecule has 2 atom stereocenters. The van der Waals surface area contributed by atoms with E-state index in [2.05, 4.69) is 28.4 Å². The van der Waals surface area contributed by atoms with Gasteiger partial charge in [-0.05, 0) is 30.4 Å². The number of rotatable bonds is 5. The van der Waals surface area contributed by atoms with Crippen LogP contribution in [-0.4, -0.2) is 25.2 Å². The maximum Gasteiger partial charge on any atom is 0.404 e. The van der Waals surface area contributed by atoms with Crippen molar-refractivity contribution in [2.75, 3.05) is 13.2 Å². The van der Waals surface area contributed by atoms with Crippen LogP contribution in [0.15, 0.2) is 11.4 Å². The maximum atomic E-state index is 11.8. The first-order chi connectivity index (χ1) is 8.59. The second-order valence-electron chi connectivity index (χ2n) is 4.38. The van der Waals surface area contributed by atoms with Crippen molar-refractivity contribution in [1.29, 1.82) is 0 Å². The number of carbonyl (C=O) groups excluding carboxylic acids is 2. The Labute approximate surface area is 109 Å². The molecular weight excluding hydrogens is 252 g/mol. The molecule has 1 aromatic rings. The first kappa shape index (κ1) is 12.9. The Morgan fingerprint density at radius 2 is 2.39 bits per heavy atom. The number of nitrogens with one attached hydrogen (secondary N) is 1. The highest BCUT2D eigenvalue weighted by molar-refractivity contribution is 7.10. The smallest absolute Gasteiger partial charge is 0.404 e. The third kappa shape index (κ3) is 3.01. The predicted molar refractivity (Wildman–Crippen MR) is 68.4 cm³/mol. The van der Waals surface area contributed by atoms with Crippen molar-refractivity contribution in [2.24, 2.45) is 11.7 Å². The molecule has 1 saturated carbocycles. The van der Waals surface area contributed by atoms with Gasteiger partial charge in [-0.1, -0.05) is 0 Å². The largest absolute Gasteiger partial charge is 0.448 e. The van der Waals surface area contributed by atoms with Gasteiger partial charge in [-0.3, -0.25) is 4.79 Å². The van der Waals surface area contributed by atoms with Gasteiger partial charge in [0.1, 0.15) is 6.61 Å². The summed E-state index contributed by atoms with van der Waals surface area (Å²) in [6.45, 7) is 2.50. The minimum Gasteiger partial charge on any atom is -0.448 e. The van der Waals surface area contributed by atoms with Gasteiger partial charge in [-0.2, -0.15) is 0 Å². The summed E-state index contributed by atoms with van der Waals surface area (Å²) >= 11 is 1.71. The number of carbonyl (C=O) groups is 2. The molecule has 1 aliphatic carbocycles. The van der Waals surface area contributed by atoms with Crippen molar-refractivity contribution in [3.05, 3.63) is 21.9 Å². The van der Waals surface area contributed by atoms with Crippen LogP contribution in [0.5, 0.6) is 0 Å². The molecule has 5 nitrogen and oxygen atoms in total. The van der Waals surface area contributed by atoms with Crippen LogP contribution in [0.25, 0.3) is 0 Å². The summed E-state index contributed by atoms with van der Waals surface area (Å²) in [4.78, 5) is 23.4. The molecule has 0 radical (unpaired) electrons. The predicted octanol–water partition coefficient (Wildman–Crippen LogP) is 1.37. The number of nitrogens with two attached hydrogens (primary N) is 1. The molecular formula is C12H16N2O3S. The Bertz CT molecular complexity index is 458. The normalized spacial score (nSPS) is 21.4. The van der Waals surface area contributed by atoms with Crippen LogP contribution in [-0.2, 0) is 9.53 Å². The fraction of sp³-hybridized carbons (Fsp3) is 0.500. The van der Waals surface area contributed by atoms with E-state index in [4.69, 9.17) is 5.73 Å². The van der Waals surface area contributed by atoms with Gasteiger partial charge in [0.05, 0.1) is 6.54 Å². The van der Waals surface area contributed by atoms with Crippen LogP contribution >= 0.6 is 11.3 Å². The van der Waals surface area contributed by atoms with Crippen LogP contribution in [0.1, 0.15) is 22.8 Å². The molecule has 3 N–H and O–H groups in total. The van der Waals surface area contributed by atoms with Crippen LogP contribution in [0.4, 0.5) is 4.79 Å². The van der Waals surface area contributed by atoms with Crippen LogP contribution < -0.4 is 11.1 Å². The Morgan fingerprint density at radius 1 is 1.61 bits per heavy atom. The quantitative estimate of drug-likeness (QED) is 0.791. The molecule has 0 unspecified atom stereocenters. The molecule has 0 bridgehead atoms. The number of hydrogen-bond donors (Lipinski definition) is 2. The Kier molecular flexibility index (Phi) is 3.86. The van der Waals surface area contributed by atoms with Crippen LogP contribution in [0.2, 0.25) is 0 Å². The second kappa shape index (κ2) is 5.39. The van der Waals surface area contributed by atoms with E-state index < -0.39 is 6.09 Å². The molecule has 0 saturated heterocycles. The van der Waals surface area contributed by atoms with Gasteiger partial charge in [-0.15, -0.1) is 11.3 Å². The zero-order valence-electron chi connectivity index (χ0n) is 10.1. The number of amides is 2. The SMILES string of the molecule is Cc1ccsc1[C@@H]1C[C@@H]1C(=O)NCCOC(N)=O. The molecule has 0 aromatic carbocycles. The zero-order chi connectivity index (χ0) is 13.1. The maximum absolute atomic E-state index is 11.8. The van der Waals surface area contributed by atoms with Gasteiger partial charge in [0, 0.05) is 16.7 Å². The van der Waals surface area contributed by atoms with E-state index in [0.717, 1.165) is 6.42 Å². The summed E-state index contributed by atoms with van der Waals surface area (Å²) in [6.07, 6.45) is 0.0897. The lowest BCUT2D eigenvalue weighted by atomic mass is 10.2. The van der Waals surface area contributed by atoms with Crippen molar-refractivity contribution in [3.63, 3.8) is 0 Å². The molecule has 6 heteroatoms. The summed E-state index contributed by atoms with van der Waals surface area (Å²) < 4.78 is 4.54. The zero-order valence-corrected chi connectivity index (χ0v) is 11.0. The topological polar surface area (TPSA) is 81.4 Å². The summed E-state index contributed by atoms with van der Waals surface area (Å²) in [6, 6.07) is 2.08. The van der Waals surface area contributed by atoms with E-state index in [1.165, 1.54) is 10.4 Å². The number of primary amides is 1. The molecule has 0 spiro atoms. The lowest BCUT2D eigenvalue weighted by Crippen LogP contribution is -2.30. The van der Waals surface area contributed by atoms with Gasteiger partial charge in [0.2, 0.25) is 5.91 Å². The molecule has 1 fully saturated rings. The fourth-order valence-electron chi connectivity index (χ4n) is 2.00. The Hall–Kier alpha value is -1.56. The van der Waals surface area contributed by atoms with Crippen LogP contribution in [0, 0.1) is 12.8 Å². The highest BCUT2D eigenvalue weighted by Gasteiger charge is 2.45. The lowest BCUT2D eigenvalue weighted by molar-refractivity contribution is -0.122. The summed E-state index contributed by atoms with van der Waals surface area (Å²) in [5.74, 6) is 0.457. The lowest BCUT2D eigenvalue weighted by Gasteiger charge is -2.04. The van der Waals surface area contributed by atoms with Gasteiger partial charge in [0.15, 0.2) is 0 Å². The second-order valence-corrected chi connectivity index (χ2v) is 5.32. The summed E-state index contributed by atoms with van der Waals surface area (Å²) in [7, 11) is 0. The first-order valence-corrected chi connectivity index (χ1v) is 6.71. The number of aryl methyl sites for hydroxylation is 1. The molecule has 98 valence electrons. The summed E-state index contributed by atoms with van der Waals surface area (Å²) in [5, 5.41) is 4.80. The number of ether oxygens (including phenoxy) is 1. The highest BCUT2D eigenvalue weighted by Crippen LogP contribution is 2.50. The molecule has 1 heterocycles. The van der Waals surface area contributed by atoms with Crippen molar-refractivity contribution in [3.8, 4) is 0 Å².